The molecular weight excluding hydrogens is 336 g/mol. The van der Waals surface area contributed by atoms with E-state index in [1.807, 2.05) is 36.5 Å². The molecule has 0 amide bonds. The van der Waals surface area contributed by atoms with Gasteiger partial charge in [0.2, 0.25) is 0 Å². The number of hydrogen-bond acceptors (Lipinski definition) is 4. The predicted molar refractivity (Wildman–Crippen MR) is 98.1 cm³/mol. The molecule has 1 aliphatic rings. The van der Waals surface area contributed by atoms with Gasteiger partial charge in [0.25, 0.3) is 0 Å². The summed E-state index contributed by atoms with van der Waals surface area (Å²) in [5.74, 6) is 1.42. The second-order valence-electron chi connectivity index (χ2n) is 6.58. The van der Waals surface area contributed by atoms with Crippen molar-refractivity contribution in [2.45, 2.75) is 31.2 Å². The van der Waals surface area contributed by atoms with E-state index in [9.17, 15) is 0 Å². The molecule has 7 heteroatoms. The minimum atomic E-state index is 0.389. The van der Waals surface area contributed by atoms with Gasteiger partial charge in [0.15, 0.2) is 11.3 Å². The molecule has 0 spiro atoms. The number of aromatic nitrogens is 5. The Morgan fingerprint density at radius 3 is 2.88 bits per heavy atom. The van der Waals surface area contributed by atoms with Gasteiger partial charge in [-0.25, -0.2) is 4.98 Å². The fourth-order valence-corrected chi connectivity index (χ4v) is 3.92. The molecule has 4 aromatic rings. The molecule has 25 heavy (non-hydrogen) atoms. The van der Waals surface area contributed by atoms with Gasteiger partial charge in [0.05, 0.1) is 11.7 Å². The van der Waals surface area contributed by atoms with E-state index in [4.69, 9.17) is 11.6 Å². The summed E-state index contributed by atoms with van der Waals surface area (Å²) >= 11 is 5.96. The average molecular weight is 353 g/mol. The van der Waals surface area contributed by atoms with Crippen molar-refractivity contribution in [1.29, 1.82) is 0 Å². The van der Waals surface area contributed by atoms with Crippen LogP contribution in [0.5, 0.6) is 0 Å². The maximum atomic E-state index is 5.96. The first-order chi connectivity index (χ1) is 12.3. The summed E-state index contributed by atoms with van der Waals surface area (Å²) in [5, 5.41) is 13.2. The highest BCUT2D eigenvalue weighted by Gasteiger charge is 2.29. The maximum absolute atomic E-state index is 5.96. The molecule has 0 bridgehead atoms. The SMILES string of the molecule is Clc1ccc(NC2CCC(c3nnc4cnc5[nH]ccc5n34)C2)cc1. The number of H-pyrrole nitrogens is 1. The molecule has 5 rings (SSSR count). The molecule has 126 valence electrons. The Bertz CT molecular complexity index is 1030. The van der Waals surface area contributed by atoms with E-state index in [1.165, 1.54) is 0 Å². The Balaban J connectivity index is 1.42. The Morgan fingerprint density at radius 1 is 1.12 bits per heavy atom. The topological polar surface area (TPSA) is 70.9 Å². The second kappa shape index (κ2) is 5.74. The quantitative estimate of drug-likeness (QED) is 0.584. The standard InChI is InChI=1S/C18H17ClN6/c19-12-2-5-13(6-3-12)22-14-4-1-11(9-14)18-24-23-16-10-21-17-15(25(16)18)7-8-20-17/h2-3,5-8,10-11,14,20,22H,1,4,9H2. The van der Waals surface area contributed by atoms with Crippen molar-refractivity contribution in [3.05, 3.63) is 53.6 Å². The number of rotatable bonds is 3. The number of nitrogens with one attached hydrogen (secondary N) is 2. The molecular formula is C18H17ClN6. The van der Waals surface area contributed by atoms with Gasteiger partial charge in [-0.05, 0) is 49.6 Å². The van der Waals surface area contributed by atoms with E-state index in [-0.39, 0.29) is 0 Å². The second-order valence-corrected chi connectivity index (χ2v) is 7.02. The van der Waals surface area contributed by atoms with Gasteiger partial charge in [0, 0.05) is 28.9 Å². The first kappa shape index (κ1) is 14.7. The lowest BCUT2D eigenvalue weighted by molar-refractivity contribution is 0.652. The zero-order chi connectivity index (χ0) is 16.8. The molecule has 0 radical (unpaired) electrons. The molecule has 0 aliphatic heterocycles. The van der Waals surface area contributed by atoms with E-state index in [1.54, 1.807) is 6.20 Å². The number of anilines is 1. The summed E-state index contributed by atoms with van der Waals surface area (Å²) < 4.78 is 2.13. The summed E-state index contributed by atoms with van der Waals surface area (Å²) in [4.78, 5) is 7.54. The van der Waals surface area contributed by atoms with E-state index >= 15 is 0 Å². The molecule has 0 saturated heterocycles. The number of nitrogens with zero attached hydrogens (tertiary/aromatic N) is 4. The molecule has 1 aliphatic carbocycles. The van der Waals surface area contributed by atoms with Gasteiger partial charge >= 0.3 is 0 Å². The highest BCUT2D eigenvalue weighted by molar-refractivity contribution is 6.30. The van der Waals surface area contributed by atoms with Crippen molar-refractivity contribution in [3.63, 3.8) is 0 Å². The van der Waals surface area contributed by atoms with Crippen LogP contribution in [0.3, 0.4) is 0 Å². The molecule has 3 aromatic heterocycles. The Kier molecular flexibility index (Phi) is 3.38. The first-order valence-corrected chi connectivity index (χ1v) is 8.85. The normalized spacial score (nSPS) is 20.5. The van der Waals surface area contributed by atoms with E-state index < -0.39 is 0 Å². The summed E-state index contributed by atoms with van der Waals surface area (Å²) in [6.45, 7) is 0. The highest BCUT2D eigenvalue weighted by atomic mass is 35.5. The van der Waals surface area contributed by atoms with E-state index in [0.717, 1.165) is 52.6 Å². The van der Waals surface area contributed by atoms with E-state index in [2.05, 4.69) is 29.9 Å². The fraction of sp³-hybridized carbons (Fsp3) is 0.278. The largest absolute Gasteiger partial charge is 0.382 e. The van der Waals surface area contributed by atoms with Crippen LogP contribution >= 0.6 is 11.6 Å². The third-order valence-electron chi connectivity index (χ3n) is 4.98. The highest BCUT2D eigenvalue weighted by Crippen LogP contribution is 2.36. The van der Waals surface area contributed by atoms with Gasteiger partial charge in [-0.3, -0.25) is 4.40 Å². The number of halogens is 1. The van der Waals surface area contributed by atoms with Crippen molar-refractivity contribution in [2.24, 2.45) is 0 Å². The number of aromatic amines is 1. The fourth-order valence-electron chi connectivity index (χ4n) is 3.79. The Labute approximate surface area is 149 Å². The molecule has 2 unspecified atom stereocenters. The summed E-state index contributed by atoms with van der Waals surface area (Å²) in [5.41, 5.74) is 3.81. The number of fused-ring (bicyclic) bond motifs is 3. The minimum absolute atomic E-state index is 0.389. The Morgan fingerprint density at radius 2 is 2.00 bits per heavy atom. The minimum Gasteiger partial charge on any atom is -0.382 e. The average Bonchev–Trinajstić information content (AvgIpc) is 3.34. The van der Waals surface area contributed by atoms with Crippen molar-refractivity contribution in [3.8, 4) is 0 Å². The smallest absolute Gasteiger partial charge is 0.179 e. The zero-order valence-corrected chi connectivity index (χ0v) is 14.2. The van der Waals surface area contributed by atoms with Gasteiger partial charge in [-0.1, -0.05) is 11.6 Å². The van der Waals surface area contributed by atoms with Crippen LogP contribution in [-0.2, 0) is 0 Å². The number of benzene rings is 1. The van der Waals surface area contributed by atoms with Crippen LogP contribution in [0.25, 0.3) is 16.8 Å². The lowest BCUT2D eigenvalue weighted by Crippen LogP contribution is -2.15. The summed E-state index contributed by atoms with van der Waals surface area (Å²) in [7, 11) is 0. The van der Waals surface area contributed by atoms with Crippen LogP contribution in [0.1, 0.15) is 31.0 Å². The van der Waals surface area contributed by atoms with Crippen LogP contribution < -0.4 is 5.32 Å². The van der Waals surface area contributed by atoms with Gasteiger partial charge < -0.3 is 10.3 Å². The predicted octanol–water partition coefficient (Wildman–Crippen LogP) is 4.01. The molecule has 3 heterocycles. The van der Waals surface area contributed by atoms with Crippen molar-refractivity contribution >= 4 is 34.1 Å². The maximum Gasteiger partial charge on any atom is 0.179 e. The molecule has 1 aromatic carbocycles. The summed E-state index contributed by atoms with van der Waals surface area (Å²) in [6, 6.07) is 10.3. The molecule has 1 fully saturated rings. The van der Waals surface area contributed by atoms with Crippen molar-refractivity contribution in [2.75, 3.05) is 5.32 Å². The van der Waals surface area contributed by atoms with Gasteiger partial charge in [-0.15, -0.1) is 10.2 Å². The van der Waals surface area contributed by atoms with Crippen LogP contribution in [0.4, 0.5) is 5.69 Å². The first-order valence-electron chi connectivity index (χ1n) is 8.47. The van der Waals surface area contributed by atoms with Crippen molar-refractivity contribution < 1.29 is 0 Å². The van der Waals surface area contributed by atoms with Crippen molar-refractivity contribution in [1.82, 2.24) is 24.6 Å². The Hall–Kier alpha value is -2.60. The van der Waals surface area contributed by atoms with Crippen LogP contribution in [0.2, 0.25) is 5.02 Å². The van der Waals surface area contributed by atoms with Crippen LogP contribution in [0, 0.1) is 0 Å². The third kappa shape index (κ3) is 2.53. The third-order valence-corrected chi connectivity index (χ3v) is 5.23. The molecule has 6 nitrogen and oxygen atoms in total. The van der Waals surface area contributed by atoms with Crippen LogP contribution in [-0.4, -0.2) is 30.6 Å². The molecule has 1 saturated carbocycles. The molecule has 2 N–H and O–H groups in total. The zero-order valence-electron chi connectivity index (χ0n) is 13.5. The lowest BCUT2D eigenvalue weighted by Gasteiger charge is -2.14. The molecule has 2 atom stereocenters. The van der Waals surface area contributed by atoms with Gasteiger partial charge in [0.1, 0.15) is 5.82 Å². The lowest BCUT2D eigenvalue weighted by atomic mass is 10.1. The van der Waals surface area contributed by atoms with Gasteiger partial charge in [-0.2, -0.15) is 0 Å². The monoisotopic (exact) mass is 352 g/mol. The van der Waals surface area contributed by atoms with E-state index in [0.29, 0.717) is 12.0 Å². The number of hydrogen-bond donors (Lipinski definition) is 2. The van der Waals surface area contributed by atoms with Crippen LogP contribution in [0.15, 0.2) is 42.7 Å². The summed E-state index contributed by atoms with van der Waals surface area (Å²) in [6.07, 6.45) is 6.93.